The zero-order chi connectivity index (χ0) is 18.9. The fraction of sp³-hybridized carbons (Fsp3) is 0.318. The van der Waals surface area contributed by atoms with Crippen LogP contribution in [-0.4, -0.2) is 30.9 Å². The number of aromatic nitrogens is 1. The van der Waals surface area contributed by atoms with Crippen molar-refractivity contribution in [2.24, 2.45) is 0 Å². The lowest BCUT2D eigenvalue weighted by molar-refractivity contribution is -0.144. The molecule has 3 aliphatic rings. The second-order valence-corrected chi connectivity index (χ2v) is 7.78. The van der Waals surface area contributed by atoms with E-state index < -0.39 is 0 Å². The first kappa shape index (κ1) is 16.0. The third kappa shape index (κ3) is 2.04. The van der Waals surface area contributed by atoms with Crippen LogP contribution >= 0.6 is 0 Å². The highest BCUT2D eigenvalue weighted by atomic mass is 16.7. The summed E-state index contributed by atoms with van der Waals surface area (Å²) in [6.07, 6.45) is 1.95. The summed E-state index contributed by atoms with van der Waals surface area (Å²) in [5, 5.41) is 4.77. The van der Waals surface area contributed by atoms with Gasteiger partial charge in [0.15, 0.2) is 11.5 Å². The van der Waals surface area contributed by atoms with Crippen molar-refractivity contribution in [1.29, 1.82) is 0 Å². The molecule has 1 saturated carbocycles. The van der Waals surface area contributed by atoms with Gasteiger partial charge in [-0.3, -0.25) is 10.1 Å². The van der Waals surface area contributed by atoms with Gasteiger partial charge in [-0.25, -0.2) is 0 Å². The Morgan fingerprint density at radius 2 is 1.96 bits per heavy atom. The molecule has 2 unspecified atom stereocenters. The molecule has 1 fully saturated rings. The van der Waals surface area contributed by atoms with Crippen LogP contribution in [0.4, 0.5) is 0 Å². The van der Waals surface area contributed by atoms with Gasteiger partial charge in [-0.2, -0.15) is 0 Å². The van der Waals surface area contributed by atoms with Crippen LogP contribution in [0, 0.1) is 0 Å². The van der Waals surface area contributed by atoms with Crippen molar-refractivity contribution >= 4 is 16.9 Å². The van der Waals surface area contributed by atoms with Gasteiger partial charge in [-0.15, -0.1) is 0 Å². The van der Waals surface area contributed by atoms with Gasteiger partial charge >= 0.3 is 5.97 Å². The largest absolute Gasteiger partial charge is 0.468 e. The molecule has 1 aliphatic carbocycles. The molecule has 3 aromatic rings. The predicted molar refractivity (Wildman–Crippen MR) is 103 cm³/mol. The quantitative estimate of drug-likeness (QED) is 0.672. The molecular formula is C22H20N2O4. The van der Waals surface area contributed by atoms with E-state index in [0.717, 1.165) is 41.1 Å². The number of esters is 1. The molecule has 2 aromatic carbocycles. The molecule has 0 radical (unpaired) electrons. The van der Waals surface area contributed by atoms with E-state index in [4.69, 9.17) is 14.2 Å². The van der Waals surface area contributed by atoms with E-state index in [0.29, 0.717) is 0 Å². The van der Waals surface area contributed by atoms with Crippen molar-refractivity contribution in [3.05, 3.63) is 59.3 Å². The number of rotatable bonds is 2. The Kier molecular flexibility index (Phi) is 3.15. The van der Waals surface area contributed by atoms with Crippen molar-refractivity contribution in [1.82, 2.24) is 10.3 Å². The number of methoxy groups -OCH3 is 1. The molecule has 1 spiro atoms. The van der Waals surface area contributed by atoms with Crippen LogP contribution in [0.5, 0.6) is 11.5 Å². The highest BCUT2D eigenvalue weighted by Crippen LogP contribution is 2.58. The monoisotopic (exact) mass is 376 g/mol. The molecule has 28 heavy (non-hydrogen) atoms. The summed E-state index contributed by atoms with van der Waals surface area (Å²) < 4.78 is 16.2. The standard InChI is InChI=1S/C22H20N2O4/c1-26-21(25)20-22(8-9-22)17-13-4-2-3-5-14(13)23-19(17)18(24-20)12-6-7-15-16(10-12)28-11-27-15/h2-7,10,18,20,23-24H,8-9,11H2,1H3. The summed E-state index contributed by atoms with van der Waals surface area (Å²) in [6, 6.07) is 13.7. The normalized spacial score (nSPS) is 23.6. The number of para-hydroxylation sites is 1. The summed E-state index contributed by atoms with van der Waals surface area (Å²) in [4.78, 5) is 16.3. The zero-order valence-corrected chi connectivity index (χ0v) is 15.5. The van der Waals surface area contributed by atoms with Gasteiger partial charge in [0.1, 0.15) is 6.04 Å². The number of hydrogen-bond acceptors (Lipinski definition) is 5. The maximum absolute atomic E-state index is 12.7. The predicted octanol–water partition coefficient (Wildman–Crippen LogP) is 3.16. The fourth-order valence-electron chi connectivity index (χ4n) is 4.91. The molecule has 6 rings (SSSR count). The molecule has 1 aromatic heterocycles. The Morgan fingerprint density at radius 1 is 1.14 bits per heavy atom. The highest BCUT2D eigenvalue weighted by Gasteiger charge is 2.60. The molecule has 0 amide bonds. The first-order valence-corrected chi connectivity index (χ1v) is 9.56. The molecule has 6 nitrogen and oxygen atoms in total. The molecule has 2 N–H and O–H groups in total. The van der Waals surface area contributed by atoms with Crippen molar-refractivity contribution in [3.63, 3.8) is 0 Å². The Hall–Kier alpha value is -2.99. The van der Waals surface area contributed by atoms with Crippen LogP contribution in [-0.2, 0) is 14.9 Å². The van der Waals surface area contributed by atoms with Gasteiger partial charge in [-0.05, 0) is 42.2 Å². The van der Waals surface area contributed by atoms with Crippen molar-refractivity contribution < 1.29 is 19.0 Å². The molecule has 0 bridgehead atoms. The number of hydrogen-bond donors (Lipinski definition) is 2. The van der Waals surface area contributed by atoms with Gasteiger partial charge < -0.3 is 19.2 Å². The van der Waals surface area contributed by atoms with Gasteiger partial charge in [0, 0.05) is 22.0 Å². The van der Waals surface area contributed by atoms with E-state index in [9.17, 15) is 4.79 Å². The molecule has 2 atom stereocenters. The third-order valence-corrected chi connectivity index (χ3v) is 6.36. The van der Waals surface area contributed by atoms with Crippen LogP contribution in [0.3, 0.4) is 0 Å². The number of fused-ring (bicyclic) bond motifs is 5. The minimum absolute atomic E-state index is 0.160. The van der Waals surface area contributed by atoms with Crippen molar-refractivity contribution in [3.8, 4) is 11.5 Å². The third-order valence-electron chi connectivity index (χ3n) is 6.36. The van der Waals surface area contributed by atoms with E-state index >= 15 is 0 Å². The Labute approximate surface area is 161 Å². The van der Waals surface area contributed by atoms with Crippen molar-refractivity contribution in [2.75, 3.05) is 13.9 Å². The van der Waals surface area contributed by atoms with E-state index in [1.807, 2.05) is 24.3 Å². The van der Waals surface area contributed by atoms with Gasteiger partial charge in [0.2, 0.25) is 6.79 Å². The van der Waals surface area contributed by atoms with Gasteiger partial charge in [0.05, 0.1) is 13.2 Å². The topological polar surface area (TPSA) is 72.6 Å². The summed E-state index contributed by atoms with van der Waals surface area (Å²) in [5.74, 6) is 1.28. The van der Waals surface area contributed by atoms with E-state index in [-0.39, 0.29) is 30.3 Å². The fourth-order valence-corrected chi connectivity index (χ4v) is 4.91. The van der Waals surface area contributed by atoms with Gasteiger partial charge in [0.25, 0.3) is 0 Å². The Morgan fingerprint density at radius 3 is 2.79 bits per heavy atom. The second-order valence-electron chi connectivity index (χ2n) is 7.78. The highest BCUT2D eigenvalue weighted by molar-refractivity contribution is 5.90. The Balaban J connectivity index is 1.57. The lowest BCUT2D eigenvalue weighted by Gasteiger charge is -2.37. The number of ether oxygens (including phenoxy) is 3. The average Bonchev–Trinajstić information content (AvgIpc) is 3.18. The number of carbonyl (C=O) groups is 1. The van der Waals surface area contributed by atoms with Gasteiger partial charge in [-0.1, -0.05) is 24.3 Å². The maximum Gasteiger partial charge on any atom is 0.323 e. The summed E-state index contributed by atoms with van der Waals surface area (Å²) >= 11 is 0. The lowest BCUT2D eigenvalue weighted by atomic mass is 9.79. The number of H-pyrrole nitrogens is 1. The van der Waals surface area contributed by atoms with E-state index in [1.165, 1.54) is 18.1 Å². The van der Waals surface area contributed by atoms with E-state index in [2.05, 4.69) is 28.5 Å². The number of aromatic amines is 1. The summed E-state index contributed by atoms with van der Waals surface area (Å²) in [6.45, 7) is 0.239. The summed E-state index contributed by atoms with van der Waals surface area (Å²) in [7, 11) is 1.46. The number of carbonyl (C=O) groups excluding carboxylic acids is 1. The SMILES string of the molecule is COC(=O)C1NC(c2ccc3c(c2)OCO3)c2[nH]c3ccccc3c2C12CC2. The molecular weight excluding hydrogens is 356 g/mol. The molecule has 142 valence electrons. The smallest absolute Gasteiger partial charge is 0.323 e. The number of benzene rings is 2. The van der Waals surface area contributed by atoms with Crippen LogP contribution in [0.15, 0.2) is 42.5 Å². The maximum atomic E-state index is 12.7. The first-order valence-electron chi connectivity index (χ1n) is 9.56. The lowest BCUT2D eigenvalue weighted by Crippen LogP contribution is -2.52. The van der Waals surface area contributed by atoms with Crippen LogP contribution in [0.2, 0.25) is 0 Å². The number of nitrogens with one attached hydrogen (secondary N) is 2. The molecule has 2 aliphatic heterocycles. The summed E-state index contributed by atoms with van der Waals surface area (Å²) in [5.41, 5.74) is 4.30. The second kappa shape index (κ2) is 5.52. The minimum Gasteiger partial charge on any atom is -0.468 e. The molecule has 0 saturated heterocycles. The van der Waals surface area contributed by atoms with E-state index in [1.54, 1.807) is 0 Å². The van der Waals surface area contributed by atoms with Crippen LogP contribution in [0.25, 0.3) is 10.9 Å². The Bertz CT molecular complexity index is 1110. The van der Waals surface area contributed by atoms with Crippen LogP contribution in [0.1, 0.15) is 35.7 Å². The molecule has 3 heterocycles. The zero-order valence-electron chi connectivity index (χ0n) is 15.5. The van der Waals surface area contributed by atoms with Crippen LogP contribution < -0.4 is 14.8 Å². The van der Waals surface area contributed by atoms with Crippen molar-refractivity contribution in [2.45, 2.75) is 30.3 Å². The first-order chi connectivity index (χ1) is 13.7. The molecule has 6 heteroatoms. The average molecular weight is 376 g/mol. The minimum atomic E-state index is -0.375.